The summed E-state index contributed by atoms with van der Waals surface area (Å²) in [7, 11) is -11.9. The van der Waals surface area contributed by atoms with Gasteiger partial charge in [0.2, 0.25) is 11.9 Å². The van der Waals surface area contributed by atoms with Gasteiger partial charge in [0.1, 0.15) is 36.6 Å². The van der Waals surface area contributed by atoms with E-state index in [1.165, 1.54) is 21.3 Å². The van der Waals surface area contributed by atoms with E-state index in [-0.39, 0.29) is 34.6 Å². The molecule has 54 heavy (non-hydrogen) atoms. The van der Waals surface area contributed by atoms with Crippen molar-refractivity contribution in [3.8, 4) is 0 Å². The normalized spacial score (nSPS) is 29.1. The third kappa shape index (κ3) is 9.38. The monoisotopic (exact) mass is 852 g/mol. The van der Waals surface area contributed by atoms with Gasteiger partial charge in [0.25, 0.3) is 11.1 Å². The van der Waals surface area contributed by atoms with E-state index >= 15 is 0 Å². The second-order valence-corrected chi connectivity index (χ2v) is 17.6. The Labute approximate surface area is 307 Å². The van der Waals surface area contributed by atoms with Crippen molar-refractivity contribution in [1.29, 1.82) is 0 Å². The van der Waals surface area contributed by atoms with Crippen LogP contribution in [0.5, 0.6) is 0 Å². The zero-order valence-electron chi connectivity index (χ0n) is 28.0. The Kier molecular flexibility index (Phi) is 12.8. The molecule has 2 fully saturated rings. The fourth-order valence-corrected chi connectivity index (χ4v) is 10.7. The highest BCUT2D eigenvalue weighted by molar-refractivity contribution is 8.48. The second kappa shape index (κ2) is 16.3. The van der Waals surface area contributed by atoms with E-state index in [1.54, 1.807) is 0 Å². The lowest BCUT2D eigenvalue weighted by molar-refractivity contribution is -0.0502. The first-order valence-corrected chi connectivity index (χ1v) is 20.7. The average molecular weight is 853 g/mol. The van der Waals surface area contributed by atoms with Crippen molar-refractivity contribution in [3.05, 3.63) is 27.0 Å². The average Bonchev–Trinajstić information content (AvgIpc) is 3.70. The number of phosphoric ester groups is 2. The SMILES string of the molecule is COC1C(COP(=O)(O)O[P+](O)(S)OP(=O)(O)OCC2OC(n3cnc4c(=O)[nH]c(N)nc43)C(O)C2O)OC(Nc2nc(N)[nH]c(=O)c2N(C)N)C1OC. The number of aliphatic hydroxyl groups is 2. The van der Waals surface area contributed by atoms with Crippen LogP contribution in [-0.4, -0.2) is 132 Å². The van der Waals surface area contributed by atoms with E-state index in [0.29, 0.717) is 0 Å². The number of rotatable bonds is 16. The van der Waals surface area contributed by atoms with Gasteiger partial charge in [0.05, 0.1) is 31.8 Å². The van der Waals surface area contributed by atoms with Gasteiger partial charge < -0.3 is 60.7 Å². The Hall–Kier alpha value is -2.89. The first-order chi connectivity index (χ1) is 25.2. The van der Waals surface area contributed by atoms with Crippen molar-refractivity contribution < 1.29 is 70.6 Å². The molecule has 32 heteroatoms. The predicted molar refractivity (Wildman–Crippen MR) is 186 cm³/mol. The summed E-state index contributed by atoms with van der Waals surface area (Å²) < 4.78 is 67.6. The molecular formula is C22H37N11O17P3S+. The molecule has 11 unspecified atom stereocenters. The van der Waals surface area contributed by atoms with Gasteiger partial charge in [-0.3, -0.25) is 33.2 Å². The molecule has 2 saturated heterocycles. The maximum absolute atomic E-state index is 12.8. The zero-order valence-corrected chi connectivity index (χ0v) is 31.6. The summed E-state index contributed by atoms with van der Waals surface area (Å²) >= 11 is 3.57. The van der Waals surface area contributed by atoms with Crippen LogP contribution >= 0.6 is 35.0 Å². The van der Waals surface area contributed by atoms with Crippen LogP contribution in [0, 0.1) is 0 Å². The minimum absolute atomic E-state index is 0.114. The molecule has 3 aromatic heterocycles. The Morgan fingerprint density at radius 2 is 1.56 bits per heavy atom. The number of aliphatic hydroxyl groups excluding tert-OH is 2. The van der Waals surface area contributed by atoms with E-state index < -0.39 is 96.2 Å². The number of hydrogen-bond donors (Lipinski definition) is 12. The molecule has 11 atom stereocenters. The van der Waals surface area contributed by atoms with Crippen molar-refractivity contribution in [2.45, 2.75) is 49.1 Å². The summed E-state index contributed by atoms with van der Waals surface area (Å²) in [4.78, 5) is 71.9. The lowest BCUT2D eigenvalue weighted by Gasteiger charge is -2.24. The molecule has 2 aliphatic rings. The van der Waals surface area contributed by atoms with Crippen molar-refractivity contribution in [2.24, 2.45) is 5.84 Å². The molecule has 302 valence electrons. The summed E-state index contributed by atoms with van der Waals surface area (Å²) in [6.45, 7) is -1.76. The van der Waals surface area contributed by atoms with Crippen LogP contribution in [0.4, 0.5) is 23.4 Å². The highest BCUT2D eigenvalue weighted by atomic mass is 32.7. The number of thiol groups is 1. The number of fused-ring (bicyclic) bond motifs is 1. The minimum Gasteiger partial charge on any atom is -0.387 e. The van der Waals surface area contributed by atoms with E-state index in [2.05, 4.69) is 51.1 Å². The molecule has 3 aromatic rings. The summed E-state index contributed by atoms with van der Waals surface area (Å²) in [5, 5.41) is 24.9. The van der Waals surface area contributed by atoms with Crippen LogP contribution in [0.25, 0.3) is 11.2 Å². The smallest absolute Gasteiger partial charge is 0.387 e. The van der Waals surface area contributed by atoms with Crippen molar-refractivity contribution in [3.63, 3.8) is 0 Å². The quantitative estimate of drug-likeness (QED) is 0.0296. The number of hydrazine groups is 1. The van der Waals surface area contributed by atoms with Gasteiger partial charge in [0.15, 0.2) is 35.1 Å². The Morgan fingerprint density at radius 3 is 2.15 bits per heavy atom. The summed E-state index contributed by atoms with van der Waals surface area (Å²) in [5.74, 6) is 5.10. The molecule has 28 nitrogen and oxygen atoms in total. The highest BCUT2D eigenvalue weighted by Crippen LogP contribution is 2.77. The highest BCUT2D eigenvalue weighted by Gasteiger charge is 2.55. The van der Waals surface area contributed by atoms with Gasteiger partial charge in [-0.15, -0.1) is 0 Å². The van der Waals surface area contributed by atoms with Crippen LogP contribution in [0.3, 0.4) is 0 Å². The van der Waals surface area contributed by atoms with Gasteiger partial charge in [-0.2, -0.15) is 14.9 Å². The molecule has 0 saturated carbocycles. The number of methoxy groups -OCH3 is 2. The molecule has 2 aliphatic heterocycles. The minimum atomic E-state index is -5.43. The molecule has 0 spiro atoms. The van der Waals surface area contributed by atoms with Crippen LogP contribution in [-0.2, 0) is 45.7 Å². The van der Waals surface area contributed by atoms with E-state index in [9.17, 15) is 43.6 Å². The van der Waals surface area contributed by atoms with E-state index in [4.69, 9.17) is 45.3 Å². The van der Waals surface area contributed by atoms with Gasteiger partial charge in [-0.25, -0.2) is 20.0 Å². The largest absolute Gasteiger partial charge is 0.511 e. The molecular weight excluding hydrogens is 815 g/mol. The summed E-state index contributed by atoms with van der Waals surface area (Å²) in [6, 6.07) is 0. The number of nitrogens with two attached hydrogens (primary N) is 3. The van der Waals surface area contributed by atoms with Crippen molar-refractivity contribution in [1.82, 2.24) is 29.5 Å². The number of anilines is 4. The van der Waals surface area contributed by atoms with Gasteiger partial charge in [0, 0.05) is 21.3 Å². The summed E-state index contributed by atoms with van der Waals surface area (Å²) in [6.07, 6.45) is -9.67. The second-order valence-electron chi connectivity index (χ2n) is 11.4. The number of imidazole rings is 1. The maximum Gasteiger partial charge on any atom is 0.511 e. The number of aromatic nitrogens is 6. The molecule has 5 rings (SSSR count). The first kappa shape index (κ1) is 42.3. The molecule has 0 aliphatic carbocycles. The number of ether oxygens (including phenoxy) is 4. The van der Waals surface area contributed by atoms with Crippen LogP contribution < -0.4 is 38.8 Å². The number of hydrogen-bond acceptors (Lipinski definition) is 24. The number of aromatic amines is 2. The lowest BCUT2D eigenvalue weighted by atomic mass is 10.1. The molecule has 5 heterocycles. The fraction of sp³-hybridized carbons (Fsp3) is 0.591. The Balaban J connectivity index is 1.18. The number of phosphoric acid groups is 2. The van der Waals surface area contributed by atoms with E-state index in [0.717, 1.165) is 15.9 Å². The third-order valence-electron chi connectivity index (χ3n) is 7.68. The number of nitrogens with zero attached hydrogens (tertiary/aromatic N) is 5. The maximum atomic E-state index is 12.8. The van der Waals surface area contributed by atoms with Crippen LogP contribution in [0.15, 0.2) is 15.9 Å². The topological polar surface area (TPSA) is 412 Å². The summed E-state index contributed by atoms with van der Waals surface area (Å²) in [5.41, 5.74) is 9.44. The zero-order chi connectivity index (χ0) is 39.9. The fourth-order valence-electron chi connectivity index (χ4n) is 5.46. The third-order valence-corrected chi connectivity index (χ3v) is 13.3. The Bertz CT molecular complexity index is 2040. The van der Waals surface area contributed by atoms with Crippen molar-refractivity contribution in [2.75, 3.05) is 56.3 Å². The molecule has 0 radical (unpaired) electrons. The Morgan fingerprint density at radius 1 is 0.981 bits per heavy atom. The van der Waals surface area contributed by atoms with Gasteiger partial charge in [-0.1, -0.05) is 8.62 Å². The van der Waals surface area contributed by atoms with Crippen LogP contribution in [0.2, 0.25) is 0 Å². The van der Waals surface area contributed by atoms with E-state index in [1.807, 2.05) is 0 Å². The van der Waals surface area contributed by atoms with Gasteiger partial charge >= 0.3 is 22.8 Å². The molecule has 14 N–H and O–H groups in total. The number of H-pyrrole nitrogens is 2. The molecule has 0 aromatic carbocycles. The standard InChI is InChI=1S/C22H36N11O17P3S/c1-32(25)10-15(28-21(23)31-18(10)37)27-19-14(44-3)13(43-2)8(47-19)5-46-52(40,41)50-53(42,54)49-51(38,39)45-4-7-11(34)12(35)20(48-7)33-6-26-9-16(33)29-22(24)30-17(9)36/h6-8,11-14,19-20,34-35,42,54H,4-5,25H2,1-3H3,(H8-,23,24,27,28,29,30,31,36,37,38,39,40,41)/p+1. The number of nitrogen functional groups attached to an aromatic ring is 2. The first-order valence-electron chi connectivity index (χ1n) is 15.0. The van der Waals surface area contributed by atoms with Crippen LogP contribution in [0.1, 0.15) is 6.23 Å². The molecule has 0 amide bonds. The number of nitrogens with one attached hydrogen (secondary N) is 3. The molecule has 0 bridgehead atoms. The van der Waals surface area contributed by atoms with Crippen molar-refractivity contribution >= 4 is 69.6 Å². The van der Waals surface area contributed by atoms with Gasteiger partial charge in [-0.05, 0) is 0 Å². The predicted octanol–water partition coefficient (Wildman–Crippen LogP) is -2.97. The lowest BCUT2D eigenvalue weighted by Crippen LogP contribution is -2.41.